The van der Waals surface area contributed by atoms with Crippen LogP contribution < -0.4 is 5.32 Å². The maximum absolute atomic E-state index is 12.9. The summed E-state index contributed by atoms with van der Waals surface area (Å²) >= 11 is 14.1. The minimum absolute atomic E-state index is 0.0249. The number of nitrogens with one attached hydrogen (secondary N) is 1. The highest BCUT2D eigenvalue weighted by Crippen LogP contribution is 2.26. The van der Waals surface area contributed by atoms with Gasteiger partial charge in [-0.25, -0.2) is 0 Å². The summed E-state index contributed by atoms with van der Waals surface area (Å²) in [6.07, 6.45) is 1.90. The van der Waals surface area contributed by atoms with Gasteiger partial charge in [0.1, 0.15) is 0 Å². The molecule has 4 rings (SSSR count). The van der Waals surface area contributed by atoms with Crippen LogP contribution in [0.2, 0.25) is 10.0 Å². The number of carbonyl (C=O) groups is 1. The average Bonchev–Trinajstić information content (AvgIpc) is 2.81. The van der Waals surface area contributed by atoms with Gasteiger partial charge < -0.3 is 5.32 Å². The maximum Gasteiger partial charge on any atom is 0.228 e. The van der Waals surface area contributed by atoms with Crippen LogP contribution in [0.1, 0.15) is 24.0 Å². The highest BCUT2D eigenvalue weighted by atomic mass is 35.5. The van der Waals surface area contributed by atoms with Crippen LogP contribution in [0.4, 0.5) is 5.69 Å². The summed E-state index contributed by atoms with van der Waals surface area (Å²) < 4.78 is 0. The molecular weight excluding hydrogens is 459 g/mol. The summed E-state index contributed by atoms with van der Waals surface area (Å²) in [4.78, 5) is 16.4. The summed E-state index contributed by atoms with van der Waals surface area (Å²) in [5, 5.41) is 4.41. The van der Waals surface area contributed by atoms with E-state index in [2.05, 4.69) is 46.6 Å². The third-order valence-electron chi connectivity index (χ3n) is 5.66. The predicted molar refractivity (Wildman–Crippen MR) is 136 cm³/mol. The monoisotopic (exact) mass is 484 g/mol. The molecule has 3 aromatic rings. The van der Waals surface area contributed by atoms with Crippen molar-refractivity contribution < 1.29 is 4.79 Å². The Bertz CT molecular complexity index is 1040. The van der Waals surface area contributed by atoms with Crippen LogP contribution >= 0.6 is 35.0 Å². The molecule has 3 nitrogen and oxygen atoms in total. The maximum atomic E-state index is 12.9. The summed E-state index contributed by atoms with van der Waals surface area (Å²) in [5.41, 5.74) is 3.13. The van der Waals surface area contributed by atoms with Gasteiger partial charge in [-0.15, -0.1) is 11.8 Å². The molecule has 1 unspecified atom stereocenters. The van der Waals surface area contributed by atoms with Gasteiger partial charge in [0.2, 0.25) is 5.91 Å². The molecule has 1 N–H and O–H groups in total. The van der Waals surface area contributed by atoms with E-state index >= 15 is 0 Å². The molecule has 1 atom stereocenters. The van der Waals surface area contributed by atoms with E-state index in [0.29, 0.717) is 10.0 Å². The number of thioether (sulfide) groups is 1. The summed E-state index contributed by atoms with van der Waals surface area (Å²) in [6, 6.07) is 24.1. The van der Waals surface area contributed by atoms with Gasteiger partial charge in [0.05, 0.1) is 5.92 Å². The van der Waals surface area contributed by atoms with Crippen molar-refractivity contribution in [1.29, 1.82) is 0 Å². The number of nitrogens with zero attached hydrogens (tertiary/aromatic N) is 1. The van der Waals surface area contributed by atoms with Crippen molar-refractivity contribution in [3.05, 3.63) is 94.0 Å². The fraction of sp³-hybridized carbons (Fsp3) is 0.269. The number of piperidine rings is 1. The van der Waals surface area contributed by atoms with E-state index in [0.717, 1.165) is 49.5 Å². The average molecular weight is 485 g/mol. The minimum Gasteiger partial charge on any atom is -0.326 e. The van der Waals surface area contributed by atoms with E-state index in [1.807, 2.05) is 42.1 Å². The lowest BCUT2D eigenvalue weighted by molar-refractivity contribution is -0.121. The number of anilines is 1. The van der Waals surface area contributed by atoms with Gasteiger partial charge in [-0.3, -0.25) is 9.69 Å². The van der Waals surface area contributed by atoms with Gasteiger partial charge in [-0.05, 0) is 66.9 Å². The SMILES string of the molecule is O=C(Nc1ccc(CSc2ccccc2)cc1)C1CCCN(Cc2ccc(Cl)cc2Cl)C1. The molecule has 1 heterocycles. The second-order valence-corrected chi connectivity index (χ2v) is 9.99. The van der Waals surface area contributed by atoms with Crippen molar-refractivity contribution in [3.63, 3.8) is 0 Å². The normalized spacial score (nSPS) is 16.6. The van der Waals surface area contributed by atoms with Gasteiger partial charge in [-0.2, -0.15) is 0 Å². The first-order valence-electron chi connectivity index (χ1n) is 10.8. The Balaban J connectivity index is 1.29. The van der Waals surface area contributed by atoms with Crippen LogP contribution in [-0.4, -0.2) is 23.9 Å². The quantitative estimate of drug-likeness (QED) is 0.361. The number of halogens is 2. The number of carbonyl (C=O) groups excluding carboxylic acids is 1. The molecule has 1 saturated heterocycles. The number of amides is 1. The molecule has 1 aliphatic heterocycles. The van der Waals surface area contributed by atoms with Crippen molar-refractivity contribution in [1.82, 2.24) is 4.90 Å². The molecule has 3 aromatic carbocycles. The molecule has 0 bridgehead atoms. The Morgan fingerprint density at radius 3 is 2.56 bits per heavy atom. The number of rotatable bonds is 7. The zero-order valence-electron chi connectivity index (χ0n) is 17.8. The van der Waals surface area contributed by atoms with Crippen molar-refractivity contribution >= 4 is 46.6 Å². The van der Waals surface area contributed by atoms with E-state index in [-0.39, 0.29) is 11.8 Å². The molecule has 0 radical (unpaired) electrons. The smallest absolute Gasteiger partial charge is 0.228 e. The predicted octanol–water partition coefficient (Wildman–Crippen LogP) is 7.14. The number of hydrogen-bond acceptors (Lipinski definition) is 3. The first-order valence-corrected chi connectivity index (χ1v) is 12.5. The van der Waals surface area contributed by atoms with E-state index in [1.54, 1.807) is 6.07 Å². The van der Waals surface area contributed by atoms with Crippen molar-refractivity contribution in [2.75, 3.05) is 18.4 Å². The first-order chi connectivity index (χ1) is 15.6. The lowest BCUT2D eigenvalue weighted by Crippen LogP contribution is -2.40. The van der Waals surface area contributed by atoms with Gasteiger partial charge in [-0.1, -0.05) is 59.6 Å². The van der Waals surface area contributed by atoms with E-state index in [9.17, 15) is 4.79 Å². The van der Waals surface area contributed by atoms with Gasteiger partial charge in [0.25, 0.3) is 0 Å². The summed E-state index contributed by atoms with van der Waals surface area (Å²) in [5.74, 6) is 0.967. The molecule has 32 heavy (non-hydrogen) atoms. The molecule has 1 fully saturated rings. The second-order valence-electron chi connectivity index (χ2n) is 8.10. The largest absolute Gasteiger partial charge is 0.326 e. The highest BCUT2D eigenvalue weighted by molar-refractivity contribution is 7.98. The molecule has 166 valence electrons. The van der Waals surface area contributed by atoms with Crippen LogP contribution in [0.15, 0.2) is 77.7 Å². The fourth-order valence-electron chi connectivity index (χ4n) is 3.92. The Kier molecular flexibility index (Phi) is 8.15. The summed E-state index contributed by atoms with van der Waals surface area (Å²) in [6.45, 7) is 2.43. The zero-order chi connectivity index (χ0) is 22.3. The van der Waals surface area contributed by atoms with Crippen LogP contribution in [0.25, 0.3) is 0 Å². The lowest BCUT2D eigenvalue weighted by atomic mass is 9.96. The van der Waals surface area contributed by atoms with Gasteiger partial charge in [0, 0.05) is 39.5 Å². The van der Waals surface area contributed by atoms with Gasteiger partial charge >= 0.3 is 0 Å². The number of hydrogen-bond donors (Lipinski definition) is 1. The van der Waals surface area contributed by atoms with E-state index in [1.165, 1.54) is 10.5 Å². The summed E-state index contributed by atoms with van der Waals surface area (Å²) in [7, 11) is 0. The van der Waals surface area contributed by atoms with Crippen LogP contribution in [-0.2, 0) is 17.1 Å². The molecule has 1 aliphatic rings. The molecule has 6 heteroatoms. The molecule has 1 amide bonds. The Hall–Kier alpha value is -1.98. The topological polar surface area (TPSA) is 32.3 Å². The van der Waals surface area contributed by atoms with Crippen LogP contribution in [0.3, 0.4) is 0 Å². The molecule has 0 aromatic heterocycles. The van der Waals surface area contributed by atoms with Crippen LogP contribution in [0, 0.1) is 5.92 Å². The standard InChI is InChI=1S/C26H26Cl2N2OS/c27-22-11-10-20(25(28)15-22)16-30-14-4-5-21(17-30)26(31)29-23-12-8-19(9-13-23)18-32-24-6-2-1-3-7-24/h1-3,6-13,15,21H,4-5,14,16-18H2,(H,29,31). The first kappa shape index (κ1) is 23.2. The number of likely N-dealkylation sites (tertiary alicyclic amines) is 1. The molecule has 0 aliphatic carbocycles. The zero-order valence-corrected chi connectivity index (χ0v) is 20.1. The van der Waals surface area contributed by atoms with Crippen molar-refractivity contribution in [2.45, 2.75) is 30.0 Å². The fourth-order valence-corrected chi connectivity index (χ4v) is 5.26. The highest BCUT2D eigenvalue weighted by Gasteiger charge is 2.26. The lowest BCUT2D eigenvalue weighted by Gasteiger charge is -2.32. The minimum atomic E-state index is -0.0249. The molecular formula is C26H26Cl2N2OS. The molecule has 0 saturated carbocycles. The van der Waals surface area contributed by atoms with Crippen LogP contribution in [0.5, 0.6) is 0 Å². The second kappa shape index (κ2) is 11.2. The third kappa shape index (κ3) is 6.52. The van der Waals surface area contributed by atoms with E-state index in [4.69, 9.17) is 23.2 Å². The Morgan fingerprint density at radius 2 is 1.81 bits per heavy atom. The van der Waals surface area contributed by atoms with Gasteiger partial charge in [0.15, 0.2) is 0 Å². The van der Waals surface area contributed by atoms with Crippen molar-refractivity contribution in [2.24, 2.45) is 5.92 Å². The van der Waals surface area contributed by atoms with E-state index < -0.39 is 0 Å². The molecule has 0 spiro atoms. The van der Waals surface area contributed by atoms with Crippen molar-refractivity contribution in [3.8, 4) is 0 Å². The Labute approximate surface area is 204 Å². The third-order valence-corrected chi connectivity index (χ3v) is 7.33. The number of benzene rings is 3. The Morgan fingerprint density at radius 1 is 1.03 bits per heavy atom.